The molecule has 1 aromatic rings. The number of hydrogen-bond donors (Lipinski definition) is 1. The van der Waals surface area contributed by atoms with Crippen molar-refractivity contribution in [3.05, 3.63) is 35.9 Å². The van der Waals surface area contributed by atoms with Crippen molar-refractivity contribution in [2.45, 2.75) is 17.3 Å². The topological polar surface area (TPSA) is 40.5 Å². The number of halogens is 1. The third-order valence-electron chi connectivity index (χ3n) is 2.84. The number of likely N-dealkylation sites (tertiary alicyclic amines) is 1. The first kappa shape index (κ1) is 11.6. The lowest BCUT2D eigenvalue weighted by Gasteiger charge is -2.26. The standard InChI is InChI=1S/C12H14BrNO2/c13-10-6-12(16)14(7-10)11(8-15)9-4-2-1-3-5-9/h1-5,10-11,15H,6-8H2. The van der Waals surface area contributed by atoms with Crippen molar-refractivity contribution in [2.75, 3.05) is 13.2 Å². The zero-order chi connectivity index (χ0) is 11.5. The molecule has 0 aliphatic carbocycles. The zero-order valence-corrected chi connectivity index (χ0v) is 10.4. The lowest BCUT2D eigenvalue weighted by molar-refractivity contribution is -0.130. The van der Waals surface area contributed by atoms with E-state index in [1.807, 2.05) is 30.3 Å². The van der Waals surface area contributed by atoms with E-state index >= 15 is 0 Å². The SMILES string of the molecule is O=C1CC(Br)CN1C(CO)c1ccccc1. The van der Waals surface area contributed by atoms with Gasteiger partial charge in [0.1, 0.15) is 0 Å². The van der Waals surface area contributed by atoms with Gasteiger partial charge >= 0.3 is 0 Å². The number of benzene rings is 1. The first-order valence-corrected chi connectivity index (χ1v) is 6.23. The highest BCUT2D eigenvalue weighted by Gasteiger charge is 2.33. The Bertz CT molecular complexity index is 369. The summed E-state index contributed by atoms with van der Waals surface area (Å²) in [4.78, 5) is 13.7. The molecule has 1 saturated heterocycles. The van der Waals surface area contributed by atoms with Crippen LogP contribution in [0.3, 0.4) is 0 Å². The van der Waals surface area contributed by atoms with Crippen LogP contribution in [-0.4, -0.2) is 33.9 Å². The summed E-state index contributed by atoms with van der Waals surface area (Å²) < 4.78 is 0. The van der Waals surface area contributed by atoms with E-state index in [0.717, 1.165) is 5.56 Å². The first-order chi connectivity index (χ1) is 7.72. The molecule has 3 nitrogen and oxygen atoms in total. The fourth-order valence-electron chi connectivity index (χ4n) is 2.05. The lowest BCUT2D eigenvalue weighted by atomic mass is 10.1. The summed E-state index contributed by atoms with van der Waals surface area (Å²) in [5, 5.41) is 9.43. The molecule has 2 atom stereocenters. The molecule has 1 aliphatic rings. The van der Waals surface area contributed by atoms with Crippen LogP contribution < -0.4 is 0 Å². The van der Waals surface area contributed by atoms with Gasteiger partial charge in [-0.3, -0.25) is 4.79 Å². The molecule has 0 saturated carbocycles. The van der Waals surface area contributed by atoms with Crippen molar-refractivity contribution < 1.29 is 9.90 Å². The minimum atomic E-state index is -0.212. The highest BCUT2D eigenvalue weighted by molar-refractivity contribution is 9.09. The van der Waals surface area contributed by atoms with Gasteiger partial charge < -0.3 is 10.0 Å². The first-order valence-electron chi connectivity index (χ1n) is 5.31. The normalized spacial score (nSPS) is 22.5. The number of rotatable bonds is 3. The van der Waals surface area contributed by atoms with Gasteiger partial charge in [-0.05, 0) is 5.56 Å². The van der Waals surface area contributed by atoms with Gasteiger partial charge in [0.15, 0.2) is 0 Å². The van der Waals surface area contributed by atoms with Gasteiger partial charge in [-0.25, -0.2) is 0 Å². The van der Waals surface area contributed by atoms with Gasteiger partial charge in [0, 0.05) is 17.8 Å². The van der Waals surface area contributed by atoms with Gasteiger partial charge in [-0.15, -0.1) is 0 Å². The van der Waals surface area contributed by atoms with Crippen LogP contribution in [0.15, 0.2) is 30.3 Å². The molecule has 1 amide bonds. The predicted octanol–water partition coefficient (Wildman–Crippen LogP) is 1.72. The smallest absolute Gasteiger partial charge is 0.224 e. The Labute approximate surface area is 103 Å². The molecular weight excluding hydrogens is 270 g/mol. The number of nitrogens with zero attached hydrogens (tertiary/aromatic N) is 1. The van der Waals surface area contributed by atoms with Crippen LogP contribution in [0.2, 0.25) is 0 Å². The van der Waals surface area contributed by atoms with Crippen LogP contribution in [0.25, 0.3) is 0 Å². The molecule has 86 valence electrons. The van der Waals surface area contributed by atoms with Gasteiger partial charge in [-0.2, -0.15) is 0 Å². The molecule has 2 unspecified atom stereocenters. The molecular formula is C12H14BrNO2. The number of aliphatic hydroxyl groups excluding tert-OH is 1. The molecule has 1 heterocycles. The Morgan fingerprint density at radius 2 is 2.12 bits per heavy atom. The number of aliphatic hydroxyl groups is 1. The fraction of sp³-hybridized carbons (Fsp3) is 0.417. The molecule has 1 aromatic carbocycles. The summed E-state index contributed by atoms with van der Waals surface area (Å²) in [7, 11) is 0. The van der Waals surface area contributed by atoms with E-state index in [1.54, 1.807) is 4.90 Å². The van der Waals surface area contributed by atoms with Crippen molar-refractivity contribution in [1.29, 1.82) is 0 Å². The van der Waals surface area contributed by atoms with E-state index in [1.165, 1.54) is 0 Å². The summed E-state index contributed by atoms with van der Waals surface area (Å²) in [6.07, 6.45) is 0.517. The summed E-state index contributed by atoms with van der Waals surface area (Å²) in [5.74, 6) is 0.102. The molecule has 1 N–H and O–H groups in total. The van der Waals surface area contributed by atoms with Crippen LogP contribution in [0.5, 0.6) is 0 Å². The highest BCUT2D eigenvalue weighted by atomic mass is 79.9. The van der Waals surface area contributed by atoms with E-state index in [0.29, 0.717) is 13.0 Å². The predicted molar refractivity (Wildman–Crippen MR) is 65.3 cm³/mol. The molecule has 1 aliphatic heterocycles. The second-order valence-corrected chi connectivity index (χ2v) is 5.25. The van der Waals surface area contributed by atoms with E-state index in [-0.39, 0.29) is 23.4 Å². The van der Waals surface area contributed by atoms with Gasteiger partial charge in [0.2, 0.25) is 5.91 Å². The second kappa shape index (κ2) is 4.97. The van der Waals surface area contributed by atoms with Crippen LogP contribution in [-0.2, 0) is 4.79 Å². The Morgan fingerprint density at radius 1 is 1.44 bits per heavy atom. The zero-order valence-electron chi connectivity index (χ0n) is 8.84. The molecule has 0 spiro atoms. The van der Waals surface area contributed by atoms with Gasteiger partial charge in [0.25, 0.3) is 0 Å². The number of carbonyl (C=O) groups excluding carboxylic acids is 1. The molecule has 0 aromatic heterocycles. The Hall–Kier alpha value is -0.870. The van der Waals surface area contributed by atoms with Crippen LogP contribution >= 0.6 is 15.9 Å². The Kier molecular flexibility index (Phi) is 3.61. The second-order valence-electron chi connectivity index (χ2n) is 3.96. The number of amides is 1. The molecule has 1 fully saturated rings. The molecule has 0 bridgehead atoms. The summed E-state index contributed by atoms with van der Waals surface area (Å²) in [6, 6.07) is 9.44. The summed E-state index contributed by atoms with van der Waals surface area (Å²) in [6.45, 7) is 0.633. The summed E-state index contributed by atoms with van der Waals surface area (Å²) >= 11 is 3.44. The quantitative estimate of drug-likeness (QED) is 0.858. The third-order valence-corrected chi connectivity index (χ3v) is 3.46. The number of carbonyl (C=O) groups is 1. The van der Waals surface area contributed by atoms with Crippen LogP contribution in [0.1, 0.15) is 18.0 Å². The molecule has 4 heteroatoms. The van der Waals surface area contributed by atoms with Crippen LogP contribution in [0.4, 0.5) is 0 Å². The largest absolute Gasteiger partial charge is 0.394 e. The lowest BCUT2D eigenvalue weighted by Crippen LogP contribution is -2.32. The van der Waals surface area contributed by atoms with Crippen molar-refractivity contribution >= 4 is 21.8 Å². The maximum atomic E-state index is 11.7. The maximum absolute atomic E-state index is 11.7. The van der Waals surface area contributed by atoms with Crippen molar-refractivity contribution in [2.24, 2.45) is 0 Å². The van der Waals surface area contributed by atoms with Crippen molar-refractivity contribution in [1.82, 2.24) is 4.90 Å². The monoisotopic (exact) mass is 283 g/mol. The number of alkyl halides is 1. The van der Waals surface area contributed by atoms with Crippen molar-refractivity contribution in [3.63, 3.8) is 0 Å². The van der Waals surface area contributed by atoms with E-state index in [4.69, 9.17) is 0 Å². The minimum absolute atomic E-state index is 0.0323. The Balaban J connectivity index is 2.20. The van der Waals surface area contributed by atoms with E-state index < -0.39 is 0 Å². The van der Waals surface area contributed by atoms with Crippen LogP contribution in [0, 0.1) is 0 Å². The van der Waals surface area contributed by atoms with Gasteiger partial charge in [0.05, 0.1) is 12.6 Å². The minimum Gasteiger partial charge on any atom is -0.394 e. The number of hydrogen-bond acceptors (Lipinski definition) is 2. The third kappa shape index (κ3) is 2.28. The summed E-state index contributed by atoms with van der Waals surface area (Å²) in [5.41, 5.74) is 0.986. The molecule has 2 rings (SSSR count). The average Bonchev–Trinajstić information content (AvgIpc) is 2.61. The maximum Gasteiger partial charge on any atom is 0.224 e. The van der Waals surface area contributed by atoms with E-state index in [9.17, 15) is 9.90 Å². The van der Waals surface area contributed by atoms with Crippen molar-refractivity contribution in [3.8, 4) is 0 Å². The van der Waals surface area contributed by atoms with Gasteiger partial charge in [-0.1, -0.05) is 46.3 Å². The fourth-order valence-corrected chi connectivity index (χ4v) is 2.64. The molecule has 16 heavy (non-hydrogen) atoms. The average molecular weight is 284 g/mol. The van der Waals surface area contributed by atoms with E-state index in [2.05, 4.69) is 15.9 Å². The highest BCUT2D eigenvalue weighted by Crippen LogP contribution is 2.28. The molecule has 0 radical (unpaired) electrons. The Morgan fingerprint density at radius 3 is 2.62 bits per heavy atom.